The van der Waals surface area contributed by atoms with Crippen molar-refractivity contribution in [3.8, 4) is 0 Å². The van der Waals surface area contributed by atoms with Crippen LogP contribution < -0.4 is 11.1 Å². The molecule has 0 saturated carbocycles. The first kappa shape index (κ1) is 20.5. The number of fused-ring (bicyclic) bond motifs is 1. The standard InChI is InChI=1S/C22H36N4/c1-6-7-13-24-20-16-18-12-11-17(15-19(18)25-21(20)23)10-8-9-14-26(5)22(2,3)4/h11-12,15-16,24H,6-10,13-14H2,1-5H3,(H2,23,25). The fraction of sp³-hybridized carbons (Fsp3) is 0.591. The molecular weight excluding hydrogens is 320 g/mol. The maximum absolute atomic E-state index is 6.14. The fourth-order valence-corrected chi connectivity index (χ4v) is 2.94. The maximum atomic E-state index is 6.14. The lowest BCUT2D eigenvalue weighted by molar-refractivity contribution is 0.173. The number of aryl methyl sites for hydroxylation is 1. The predicted molar refractivity (Wildman–Crippen MR) is 115 cm³/mol. The fourth-order valence-electron chi connectivity index (χ4n) is 2.94. The van der Waals surface area contributed by atoms with Gasteiger partial charge in [0.15, 0.2) is 0 Å². The number of unbranched alkanes of at least 4 members (excludes halogenated alkanes) is 2. The highest BCUT2D eigenvalue weighted by atomic mass is 15.1. The van der Waals surface area contributed by atoms with E-state index in [9.17, 15) is 0 Å². The molecule has 144 valence electrons. The van der Waals surface area contributed by atoms with Gasteiger partial charge in [-0.15, -0.1) is 0 Å². The number of hydrogen-bond donors (Lipinski definition) is 2. The van der Waals surface area contributed by atoms with Crippen molar-refractivity contribution in [3.05, 3.63) is 29.8 Å². The van der Waals surface area contributed by atoms with Gasteiger partial charge in [0.1, 0.15) is 5.82 Å². The second kappa shape index (κ2) is 9.22. The molecule has 1 aromatic carbocycles. The lowest BCUT2D eigenvalue weighted by Gasteiger charge is -2.31. The van der Waals surface area contributed by atoms with E-state index in [0.29, 0.717) is 5.82 Å². The largest absolute Gasteiger partial charge is 0.382 e. The van der Waals surface area contributed by atoms with Crippen LogP contribution in [0.1, 0.15) is 58.9 Å². The van der Waals surface area contributed by atoms with Crippen molar-refractivity contribution in [1.29, 1.82) is 0 Å². The van der Waals surface area contributed by atoms with Gasteiger partial charge in [-0.2, -0.15) is 0 Å². The zero-order valence-corrected chi connectivity index (χ0v) is 17.2. The van der Waals surface area contributed by atoms with Crippen molar-refractivity contribution in [1.82, 2.24) is 9.88 Å². The Morgan fingerprint density at radius 1 is 1.12 bits per heavy atom. The third-order valence-electron chi connectivity index (χ3n) is 5.11. The minimum Gasteiger partial charge on any atom is -0.382 e. The molecule has 0 spiro atoms. The number of aromatic nitrogens is 1. The Bertz CT molecular complexity index is 703. The van der Waals surface area contributed by atoms with Crippen LogP contribution >= 0.6 is 0 Å². The van der Waals surface area contributed by atoms with Crippen LogP contribution in [0.4, 0.5) is 11.5 Å². The zero-order valence-electron chi connectivity index (χ0n) is 17.2. The third kappa shape index (κ3) is 5.87. The van der Waals surface area contributed by atoms with E-state index in [2.05, 4.69) is 74.2 Å². The number of anilines is 2. The topological polar surface area (TPSA) is 54.2 Å². The molecule has 2 rings (SSSR count). The number of rotatable bonds is 9. The van der Waals surface area contributed by atoms with Crippen LogP contribution in [-0.2, 0) is 6.42 Å². The van der Waals surface area contributed by atoms with Crippen LogP contribution in [0.25, 0.3) is 10.9 Å². The molecule has 0 aliphatic rings. The lowest BCUT2D eigenvalue weighted by atomic mass is 10.0. The van der Waals surface area contributed by atoms with E-state index in [4.69, 9.17) is 5.73 Å². The number of pyridine rings is 1. The predicted octanol–water partition coefficient (Wildman–Crippen LogP) is 5.08. The molecule has 4 nitrogen and oxygen atoms in total. The first-order chi connectivity index (χ1) is 12.3. The van der Waals surface area contributed by atoms with Crippen LogP contribution in [0.3, 0.4) is 0 Å². The van der Waals surface area contributed by atoms with Gasteiger partial charge in [-0.05, 0) is 77.7 Å². The average Bonchev–Trinajstić information content (AvgIpc) is 2.58. The van der Waals surface area contributed by atoms with Gasteiger partial charge < -0.3 is 16.0 Å². The molecule has 0 unspecified atom stereocenters. The third-order valence-corrected chi connectivity index (χ3v) is 5.11. The second-order valence-electron chi connectivity index (χ2n) is 8.28. The van der Waals surface area contributed by atoms with Gasteiger partial charge in [-0.1, -0.05) is 25.5 Å². The molecule has 4 heteroatoms. The SMILES string of the molecule is CCCCNc1cc2ccc(CCCCN(C)C(C)(C)C)cc2nc1N. The van der Waals surface area contributed by atoms with Gasteiger partial charge in [0.25, 0.3) is 0 Å². The molecule has 0 saturated heterocycles. The summed E-state index contributed by atoms with van der Waals surface area (Å²) < 4.78 is 0. The Kier molecular flexibility index (Phi) is 7.27. The van der Waals surface area contributed by atoms with Gasteiger partial charge in [0.2, 0.25) is 0 Å². The molecule has 0 amide bonds. The quantitative estimate of drug-likeness (QED) is 0.615. The lowest BCUT2D eigenvalue weighted by Crippen LogP contribution is -2.38. The molecule has 0 atom stereocenters. The highest BCUT2D eigenvalue weighted by Gasteiger charge is 2.15. The van der Waals surface area contributed by atoms with E-state index in [0.717, 1.165) is 42.5 Å². The number of nitrogens with one attached hydrogen (secondary N) is 1. The summed E-state index contributed by atoms with van der Waals surface area (Å²) in [7, 11) is 2.20. The number of nitrogen functional groups attached to an aromatic ring is 1. The van der Waals surface area contributed by atoms with E-state index in [1.165, 1.54) is 24.8 Å². The van der Waals surface area contributed by atoms with Gasteiger partial charge in [-0.3, -0.25) is 0 Å². The molecule has 1 aromatic heterocycles. The molecule has 1 heterocycles. The Morgan fingerprint density at radius 3 is 2.58 bits per heavy atom. The number of nitrogens with two attached hydrogens (primary N) is 1. The van der Waals surface area contributed by atoms with Gasteiger partial charge >= 0.3 is 0 Å². The molecule has 0 fully saturated rings. The molecule has 0 aliphatic heterocycles. The molecular formula is C22H36N4. The molecule has 0 radical (unpaired) electrons. The Labute approximate surface area is 159 Å². The van der Waals surface area contributed by atoms with Crippen molar-refractivity contribution in [2.75, 3.05) is 31.2 Å². The van der Waals surface area contributed by atoms with Crippen molar-refractivity contribution in [2.24, 2.45) is 0 Å². The van der Waals surface area contributed by atoms with Crippen molar-refractivity contribution in [3.63, 3.8) is 0 Å². The van der Waals surface area contributed by atoms with Gasteiger partial charge in [0, 0.05) is 17.5 Å². The average molecular weight is 357 g/mol. The van der Waals surface area contributed by atoms with Crippen molar-refractivity contribution < 1.29 is 0 Å². The Balaban J connectivity index is 1.95. The van der Waals surface area contributed by atoms with Crippen LogP contribution in [0, 0.1) is 0 Å². The normalized spacial score (nSPS) is 12.1. The highest BCUT2D eigenvalue weighted by Crippen LogP contribution is 2.24. The number of hydrogen-bond acceptors (Lipinski definition) is 4. The second-order valence-corrected chi connectivity index (χ2v) is 8.28. The van der Waals surface area contributed by atoms with E-state index in [1.807, 2.05) is 0 Å². The summed E-state index contributed by atoms with van der Waals surface area (Å²) in [5, 5.41) is 4.54. The van der Waals surface area contributed by atoms with Crippen LogP contribution in [0.2, 0.25) is 0 Å². The summed E-state index contributed by atoms with van der Waals surface area (Å²) in [6.07, 6.45) is 5.80. The molecule has 3 N–H and O–H groups in total. The minimum absolute atomic E-state index is 0.243. The summed E-state index contributed by atoms with van der Waals surface area (Å²) in [5.74, 6) is 0.595. The maximum Gasteiger partial charge on any atom is 0.147 e. The molecule has 0 bridgehead atoms. The monoisotopic (exact) mass is 356 g/mol. The summed E-state index contributed by atoms with van der Waals surface area (Å²) >= 11 is 0. The van der Waals surface area contributed by atoms with Gasteiger partial charge in [0.05, 0.1) is 11.2 Å². The van der Waals surface area contributed by atoms with Crippen molar-refractivity contribution in [2.45, 2.75) is 65.3 Å². The Morgan fingerprint density at radius 2 is 1.88 bits per heavy atom. The molecule has 2 aromatic rings. The molecule has 26 heavy (non-hydrogen) atoms. The number of benzene rings is 1. The first-order valence-corrected chi connectivity index (χ1v) is 9.95. The summed E-state index contributed by atoms with van der Waals surface area (Å²) in [4.78, 5) is 7.03. The van der Waals surface area contributed by atoms with E-state index in [1.54, 1.807) is 0 Å². The first-order valence-electron chi connectivity index (χ1n) is 9.95. The van der Waals surface area contributed by atoms with E-state index in [-0.39, 0.29) is 5.54 Å². The smallest absolute Gasteiger partial charge is 0.147 e. The van der Waals surface area contributed by atoms with Crippen LogP contribution in [-0.4, -0.2) is 35.6 Å². The molecule has 0 aliphatic carbocycles. The summed E-state index contributed by atoms with van der Waals surface area (Å²) in [5.41, 5.74) is 9.66. The summed E-state index contributed by atoms with van der Waals surface area (Å²) in [6.45, 7) is 11.0. The number of nitrogens with zero attached hydrogens (tertiary/aromatic N) is 2. The van der Waals surface area contributed by atoms with E-state index >= 15 is 0 Å². The summed E-state index contributed by atoms with van der Waals surface area (Å²) in [6, 6.07) is 8.71. The Hall–Kier alpha value is -1.81. The van der Waals surface area contributed by atoms with Crippen LogP contribution in [0.15, 0.2) is 24.3 Å². The van der Waals surface area contributed by atoms with Crippen molar-refractivity contribution >= 4 is 22.4 Å². The van der Waals surface area contributed by atoms with Gasteiger partial charge in [-0.25, -0.2) is 4.98 Å². The zero-order chi connectivity index (χ0) is 19.2. The highest BCUT2D eigenvalue weighted by molar-refractivity contribution is 5.86. The van der Waals surface area contributed by atoms with E-state index < -0.39 is 0 Å². The minimum atomic E-state index is 0.243. The van der Waals surface area contributed by atoms with Crippen LogP contribution in [0.5, 0.6) is 0 Å².